The Morgan fingerprint density at radius 1 is 0.509 bits per heavy atom. The number of aryl methyl sites for hydroxylation is 2. The summed E-state index contributed by atoms with van der Waals surface area (Å²) in [5.41, 5.74) is -3.07. The fourth-order valence-corrected chi connectivity index (χ4v) is 22.7. The van der Waals surface area contributed by atoms with Gasteiger partial charge >= 0.3 is 24.7 Å². The van der Waals surface area contributed by atoms with E-state index in [1.165, 1.54) is 28.7 Å². The van der Waals surface area contributed by atoms with Crippen LogP contribution in [0, 0.1) is 46.8 Å². The second kappa shape index (κ2) is 40.8. The van der Waals surface area contributed by atoms with Crippen LogP contribution < -0.4 is 9.47 Å². The van der Waals surface area contributed by atoms with Crippen LogP contribution in [0.15, 0.2) is 36.4 Å². The Kier molecular flexibility index (Phi) is 35.6. The third-order valence-corrected chi connectivity index (χ3v) is 31.2. The van der Waals surface area contributed by atoms with Crippen LogP contribution in [0.2, 0.25) is 0 Å². The summed E-state index contributed by atoms with van der Waals surface area (Å²) >= 11 is 0. The Balaban J connectivity index is 0.0000157. The monoisotopic (exact) mass is 1670 g/mol. The zero-order chi connectivity index (χ0) is 76.7. The van der Waals surface area contributed by atoms with Gasteiger partial charge in [0.1, 0.15) is 24.7 Å². The number of halogens is 12. The van der Waals surface area contributed by atoms with Crippen LogP contribution in [0.1, 0.15) is 225 Å². The number of fused-ring (bicyclic) bond motifs is 10. The van der Waals surface area contributed by atoms with Gasteiger partial charge in [0, 0.05) is 80.0 Å². The van der Waals surface area contributed by atoms with Gasteiger partial charge in [-0.1, -0.05) is 88.9 Å². The largest absolute Gasteiger partial charge is 0.492 e. The molecule has 6 aliphatic carbocycles. The average molecular weight is 1670 g/mol. The van der Waals surface area contributed by atoms with Gasteiger partial charge in [-0.05, 0) is 296 Å². The number of rotatable bonds is 45. The second-order valence-corrected chi connectivity index (χ2v) is 39.3. The number of unbranched alkanes of at least 4 members (excludes halogenated alkanes) is 4. The summed E-state index contributed by atoms with van der Waals surface area (Å²) in [5.74, 6) is 7.25. The van der Waals surface area contributed by atoms with Gasteiger partial charge in [-0.3, -0.25) is 4.89 Å². The summed E-state index contributed by atoms with van der Waals surface area (Å²) in [7, 11) is 12.2. The van der Waals surface area contributed by atoms with Gasteiger partial charge in [0.25, 0.3) is 11.2 Å². The van der Waals surface area contributed by atoms with Crippen molar-refractivity contribution in [2.75, 3.05) is 105 Å². The smallest absolute Gasteiger partial charge is 0.426 e. The fraction of sp³-hybridized carbons (Fsp3) is 0.835. The Morgan fingerprint density at radius 3 is 1.36 bits per heavy atom. The Morgan fingerprint density at radius 2 is 0.934 bits per heavy atom. The second-order valence-electron chi connectivity index (χ2n) is 33.1. The number of alkyl halides is 12. The first kappa shape index (κ1) is 92.6. The van der Waals surface area contributed by atoms with Crippen LogP contribution in [0.4, 0.5) is 52.7 Å². The van der Waals surface area contributed by atoms with Crippen LogP contribution in [0.3, 0.4) is 0 Å². The van der Waals surface area contributed by atoms with Crippen molar-refractivity contribution in [3.05, 3.63) is 65.1 Å². The number of likely N-dealkylation sites (N-methyl/N-ethyl adjacent to an activating group) is 2. The summed E-state index contributed by atoms with van der Waals surface area (Å²) in [6.07, 6.45) is 0.158. The summed E-state index contributed by atoms with van der Waals surface area (Å²) < 4.78 is 193. The van der Waals surface area contributed by atoms with E-state index >= 15 is 0 Å². The van der Waals surface area contributed by atoms with E-state index in [-0.39, 0.29) is 105 Å². The third kappa shape index (κ3) is 25.0. The number of ether oxygens (including phenoxy) is 6. The Bertz CT molecular complexity index is 2930. The molecular formula is C79H121F12N2O8S4Y-. The van der Waals surface area contributed by atoms with Crippen LogP contribution in [-0.2, 0) is 74.3 Å². The maximum absolute atomic E-state index is 13.3. The molecule has 607 valence electrons. The summed E-state index contributed by atoms with van der Waals surface area (Å²) in [4.78, 5) is 15.8. The minimum Gasteiger partial charge on any atom is -0.492 e. The third-order valence-electron chi connectivity index (χ3n) is 24.3. The van der Waals surface area contributed by atoms with Crippen molar-refractivity contribution >= 4 is 43.2 Å². The molecule has 11 atom stereocenters. The molecule has 0 aromatic heterocycles. The molecule has 0 bridgehead atoms. The molecular weight excluding hydrogens is 1550 g/mol. The molecule has 8 rings (SSSR count). The first-order chi connectivity index (χ1) is 49.3. The molecule has 0 aliphatic heterocycles. The molecule has 0 heterocycles. The Hall–Kier alpha value is -0.616. The molecule has 1 radical (unpaired) electrons. The quantitative estimate of drug-likeness (QED) is 0.0158. The molecule has 4 saturated carbocycles. The van der Waals surface area contributed by atoms with E-state index in [0.717, 1.165) is 171 Å². The molecule has 106 heavy (non-hydrogen) atoms. The minimum atomic E-state index is -5.57. The van der Waals surface area contributed by atoms with Crippen molar-refractivity contribution in [2.24, 2.45) is 40.4 Å². The molecule has 4 fully saturated rings. The van der Waals surface area contributed by atoms with Crippen LogP contribution in [0.5, 0.6) is 11.5 Å². The van der Waals surface area contributed by atoms with Gasteiger partial charge in [0.05, 0.1) is 32.0 Å². The van der Waals surface area contributed by atoms with Gasteiger partial charge in [-0.15, -0.1) is 0 Å². The molecule has 6 aliphatic rings. The van der Waals surface area contributed by atoms with E-state index in [9.17, 15) is 52.7 Å². The molecule has 0 amide bonds. The van der Waals surface area contributed by atoms with E-state index in [2.05, 4.69) is 125 Å². The molecule has 2 aromatic carbocycles. The average Bonchev–Trinajstić information content (AvgIpc) is 1.50. The SMILES string of the molecule is CC(CCCCSSC(C)(C)CCN(C)CCOc1ccc2c(c1)CCC1C2CCC2(C)C(OCCCOC(C)(C(F)(F)F)C(F)(F)F)CCC12)COOC[CH-]CCCCSSC(C)(C)CCN(C)CCOc1ccc2c(c1)CCC1C2CCC2(C)C(OCCCOC(C)(C(F)(F)F)C(F)(F)F)CCC12.[Y]. The van der Waals surface area contributed by atoms with Crippen molar-refractivity contribution in [1.82, 2.24) is 9.80 Å². The predicted molar refractivity (Wildman–Crippen MR) is 400 cm³/mol. The standard InChI is InChI=1S/C79H121F12N2O8S4.Y/c1-55(20-14-17-51-103-105-71(4,5)38-40-93(11)42-49-95-59-24-28-61-57(53-59)22-26-65-63(61)34-36-73(7)67(65)30-32-69(73)97-44-19-46-99-75(9,78(86,87)88)79(89,90)91)54-101-100-47-15-12-13-16-50-102-104-70(2,3)37-39-92(10)41-48-94-58-23-27-60-56(52-58)21-25-64-62(60)33-35-72(6)66(64)29-31-68(72)96-43-18-45-98-74(8,76(80,81)82)77(83,84)85;/h15,23-24,27-28,52-53,55,62-69H,12-14,16-22,25-26,29-51,54H2,1-11H3;/q-1;. The van der Waals surface area contributed by atoms with Crippen LogP contribution in [0.25, 0.3) is 0 Å². The van der Waals surface area contributed by atoms with Gasteiger partial charge < -0.3 is 44.6 Å². The van der Waals surface area contributed by atoms with Crippen molar-refractivity contribution in [3.63, 3.8) is 0 Å². The number of benzene rings is 2. The fourth-order valence-electron chi connectivity index (χ4n) is 17.3. The molecule has 27 heteroatoms. The van der Waals surface area contributed by atoms with Gasteiger partial charge in [-0.25, -0.2) is 4.89 Å². The first-order valence-electron chi connectivity index (χ1n) is 38.6. The van der Waals surface area contributed by atoms with Crippen LogP contribution in [-0.4, -0.2) is 172 Å². The molecule has 10 nitrogen and oxygen atoms in total. The zero-order valence-corrected chi connectivity index (χ0v) is 70.7. The van der Waals surface area contributed by atoms with Gasteiger partial charge in [-0.2, -0.15) is 59.1 Å². The normalized spacial score (nSPS) is 25.4. The molecule has 0 N–H and O–H groups in total. The molecule has 0 saturated heterocycles. The van der Waals surface area contributed by atoms with Crippen molar-refractivity contribution in [1.29, 1.82) is 0 Å². The molecule has 0 spiro atoms. The summed E-state index contributed by atoms with van der Waals surface area (Å²) in [6.45, 7) is 20.8. The number of hydrogen-bond acceptors (Lipinski definition) is 14. The van der Waals surface area contributed by atoms with Crippen molar-refractivity contribution in [2.45, 2.75) is 273 Å². The topological polar surface area (TPSA) is 80.3 Å². The maximum Gasteiger partial charge on any atom is 0.426 e. The number of nitrogens with zero attached hydrogens (tertiary/aromatic N) is 2. The van der Waals surface area contributed by atoms with E-state index in [1.54, 1.807) is 0 Å². The first-order valence-corrected chi connectivity index (χ1v) is 43.3. The van der Waals surface area contributed by atoms with Crippen molar-refractivity contribution < 1.29 is 124 Å². The van der Waals surface area contributed by atoms with E-state index < -0.39 is 49.1 Å². The molecule has 2 aromatic rings. The van der Waals surface area contributed by atoms with E-state index in [1.807, 2.05) is 43.2 Å². The van der Waals surface area contributed by atoms with Gasteiger partial charge in [0.15, 0.2) is 0 Å². The zero-order valence-electron chi connectivity index (χ0n) is 64.6. The summed E-state index contributed by atoms with van der Waals surface area (Å²) in [6, 6.07) is 13.2. The summed E-state index contributed by atoms with van der Waals surface area (Å²) in [5, 5.41) is 0. The van der Waals surface area contributed by atoms with E-state index in [4.69, 9.17) is 28.7 Å². The minimum absolute atomic E-state index is 0. The maximum atomic E-state index is 13.3. The van der Waals surface area contributed by atoms with Gasteiger partial charge in [0.2, 0.25) is 0 Å². The Labute approximate surface area is 666 Å². The molecule has 11 unspecified atom stereocenters. The van der Waals surface area contributed by atoms with Crippen molar-refractivity contribution in [3.8, 4) is 11.5 Å². The van der Waals surface area contributed by atoms with E-state index in [0.29, 0.717) is 67.9 Å². The predicted octanol–water partition coefficient (Wildman–Crippen LogP) is 22.3. The van der Waals surface area contributed by atoms with Crippen LogP contribution >= 0.6 is 43.2 Å². The number of hydrogen-bond donors (Lipinski definition) is 0.